The van der Waals surface area contributed by atoms with Crippen molar-refractivity contribution >= 4 is 15.6 Å². The molecule has 0 saturated heterocycles. The molecule has 0 fully saturated rings. The summed E-state index contributed by atoms with van der Waals surface area (Å²) in [6.07, 6.45) is 1.09. The molecule has 0 atom stereocenters. The minimum absolute atomic E-state index is 0.0647. The summed E-state index contributed by atoms with van der Waals surface area (Å²) in [6.45, 7) is 1.23. The standard InChI is InChI=1S/C11H13FO4S/c1-8(13)10-7-9(12)3-4-11(10)16-5-6-17(2,14)15/h3-4,7H,5-6H2,1-2H3. The Morgan fingerprint density at radius 2 is 2.06 bits per heavy atom. The highest BCUT2D eigenvalue weighted by Crippen LogP contribution is 2.20. The van der Waals surface area contributed by atoms with Crippen molar-refractivity contribution in [3.05, 3.63) is 29.6 Å². The van der Waals surface area contributed by atoms with Gasteiger partial charge in [-0.1, -0.05) is 0 Å². The summed E-state index contributed by atoms with van der Waals surface area (Å²) in [5.74, 6) is -0.825. The third kappa shape index (κ3) is 4.52. The van der Waals surface area contributed by atoms with Gasteiger partial charge in [0.15, 0.2) is 15.6 Å². The van der Waals surface area contributed by atoms with Crippen molar-refractivity contribution in [3.8, 4) is 5.75 Å². The predicted octanol–water partition coefficient (Wildman–Crippen LogP) is 1.45. The lowest BCUT2D eigenvalue weighted by atomic mass is 10.1. The maximum absolute atomic E-state index is 12.9. The zero-order valence-electron chi connectivity index (χ0n) is 9.57. The van der Waals surface area contributed by atoms with Gasteiger partial charge in [-0.2, -0.15) is 0 Å². The first-order valence-corrected chi connectivity index (χ1v) is 6.96. The quantitative estimate of drug-likeness (QED) is 0.752. The fourth-order valence-electron chi connectivity index (χ4n) is 1.21. The van der Waals surface area contributed by atoms with Gasteiger partial charge in [0, 0.05) is 6.26 Å². The maximum Gasteiger partial charge on any atom is 0.163 e. The van der Waals surface area contributed by atoms with E-state index in [4.69, 9.17) is 4.74 Å². The normalized spacial score (nSPS) is 11.2. The zero-order valence-corrected chi connectivity index (χ0v) is 10.4. The molecule has 0 aromatic heterocycles. The van der Waals surface area contributed by atoms with Crippen LogP contribution in [-0.4, -0.2) is 32.8 Å². The number of halogens is 1. The van der Waals surface area contributed by atoms with E-state index >= 15 is 0 Å². The van der Waals surface area contributed by atoms with Crippen molar-refractivity contribution in [3.63, 3.8) is 0 Å². The summed E-state index contributed by atoms with van der Waals surface area (Å²) in [4.78, 5) is 11.2. The summed E-state index contributed by atoms with van der Waals surface area (Å²) in [7, 11) is -3.12. The summed E-state index contributed by atoms with van der Waals surface area (Å²) < 4.78 is 39.9. The van der Waals surface area contributed by atoms with Gasteiger partial charge in [-0.05, 0) is 25.1 Å². The SMILES string of the molecule is CC(=O)c1cc(F)ccc1OCCS(C)(=O)=O. The monoisotopic (exact) mass is 260 g/mol. The number of sulfone groups is 1. The van der Waals surface area contributed by atoms with E-state index in [1.807, 2.05) is 0 Å². The second kappa shape index (κ2) is 5.27. The van der Waals surface area contributed by atoms with Crippen LogP contribution in [0.15, 0.2) is 18.2 Å². The molecule has 0 bridgehead atoms. The lowest BCUT2D eigenvalue weighted by Gasteiger charge is -2.09. The Morgan fingerprint density at radius 3 is 2.59 bits per heavy atom. The fraction of sp³-hybridized carbons (Fsp3) is 0.364. The molecule has 0 amide bonds. The lowest BCUT2D eigenvalue weighted by molar-refractivity contribution is 0.101. The van der Waals surface area contributed by atoms with Crippen LogP contribution < -0.4 is 4.74 Å². The molecule has 17 heavy (non-hydrogen) atoms. The minimum atomic E-state index is -3.12. The van der Waals surface area contributed by atoms with Crippen molar-refractivity contribution in [1.29, 1.82) is 0 Å². The van der Waals surface area contributed by atoms with Crippen LogP contribution in [0.1, 0.15) is 17.3 Å². The zero-order chi connectivity index (χ0) is 13.1. The Balaban J connectivity index is 2.81. The van der Waals surface area contributed by atoms with E-state index in [0.717, 1.165) is 18.4 Å². The molecule has 94 valence electrons. The number of hydrogen-bond donors (Lipinski definition) is 0. The maximum atomic E-state index is 12.9. The summed E-state index contributed by atoms with van der Waals surface area (Å²) in [5, 5.41) is 0. The van der Waals surface area contributed by atoms with E-state index in [0.29, 0.717) is 0 Å². The van der Waals surface area contributed by atoms with Crippen LogP contribution in [0.2, 0.25) is 0 Å². The highest BCUT2D eigenvalue weighted by Gasteiger charge is 2.11. The van der Waals surface area contributed by atoms with E-state index in [9.17, 15) is 17.6 Å². The average molecular weight is 260 g/mol. The molecule has 0 aliphatic rings. The van der Waals surface area contributed by atoms with Gasteiger partial charge >= 0.3 is 0 Å². The molecule has 0 aliphatic carbocycles. The Hall–Kier alpha value is -1.43. The van der Waals surface area contributed by atoms with Crippen molar-refractivity contribution in [1.82, 2.24) is 0 Å². The van der Waals surface area contributed by atoms with Crippen LogP contribution in [0.3, 0.4) is 0 Å². The highest BCUT2D eigenvalue weighted by molar-refractivity contribution is 7.90. The molecule has 6 heteroatoms. The van der Waals surface area contributed by atoms with Crippen molar-refractivity contribution < 1.29 is 22.3 Å². The third-order valence-electron chi connectivity index (χ3n) is 2.03. The fourth-order valence-corrected chi connectivity index (χ4v) is 1.59. The lowest BCUT2D eigenvalue weighted by Crippen LogP contribution is -2.13. The van der Waals surface area contributed by atoms with Crippen LogP contribution in [0.5, 0.6) is 5.75 Å². The number of carbonyl (C=O) groups excluding carboxylic acids is 1. The Labute approximate surface area is 99.3 Å². The topological polar surface area (TPSA) is 60.4 Å². The number of ketones is 1. The second-order valence-corrected chi connectivity index (χ2v) is 5.93. The molecule has 4 nitrogen and oxygen atoms in total. The molecule has 1 aromatic carbocycles. The average Bonchev–Trinajstić information content (AvgIpc) is 2.18. The molecule has 0 N–H and O–H groups in total. The second-order valence-electron chi connectivity index (χ2n) is 3.68. The first-order chi connectivity index (χ1) is 7.79. The van der Waals surface area contributed by atoms with E-state index < -0.39 is 15.7 Å². The summed E-state index contributed by atoms with van der Waals surface area (Å²) >= 11 is 0. The molecule has 1 rings (SSSR count). The Morgan fingerprint density at radius 1 is 1.41 bits per heavy atom. The van der Waals surface area contributed by atoms with E-state index in [-0.39, 0.29) is 29.5 Å². The van der Waals surface area contributed by atoms with Gasteiger partial charge in [0.25, 0.3) is 0 Å². The van der Waals surface area contributed by atoms with Gasteiger partial charge < -0.3 is 4.74 Å². The molecule has 0 spiro atoms. The van der Waals surface area contributed by atoms with Crippen LogP contribution >= 0.6 is 0 Å². The van der Waals surface area contributed by atoms with Gasteiger partial charge in [0.05, 0.1) is 11.3 Å². The summed E-state index contributed by atoms with van der Waals surface area (Å²) in [6, 6.07) is 3.54. The molecule has 0 saturated carbocycles. The third-order valence-corrected chi connectivity index (χ3v) is 2.94. The first-order valence-electron chi connectivity index (χ1n) is 4.90. The number of carbonyl (C=O) groups is 1. The Kier molecular flexibility index (Phi) is 4.22. The highest BCUT2D eigenvalue weighted by atomic mass is 32.2. The van der Waals surface area contributed by atoms with Gasteiger partial charge in [0.1, 0.15) is 18.2 Å². The number of rotatable bonds is 5. The largest absolute Gasteiger partial charge is 0.492 e. The number of hydrogen-bond acceptors (Lipinski definition) is 4. The molecule has 0 heterocycles. The molecule has 0 radical (unpaired) electrons. The first kappa shape index (κ1) is 13.6. The van der Waals surface area contributed by atoms with Crippen molar-refractivity contribution in [2.45, 2.75) is 6.92 Å². The summed E-state index contributed by atoms with van der Waals surface area (Å²) in [5.41, 5.74) is 0.110. The molecule has 0 aliphatic heterocycles. The van der Waals surface area contributed by atoms with E-state index in [1.165, 1.54) is 13.0 Å². The van der Waals surface area contributed by atoms with Gasteiger partial charge in [-0.25, -0.2) is 12.8 Å². The molecular formula is C11H13FO4S. The number of benzene rings is 1. The molecular weight excluding hydrogens is 247 g/mol. The molecule has 0 unspecified atom stereocenters. The van der Waals surface area contributed by atoms with E-state index in [2.05, 4.69) is 0 Å². The smallest absolute Gasteiger partial charge is 0.163 e. The van der Waals surface area contributed by atoms with Crippen LogP contribution in [-0.2, 0) is 9.84 Å². The van der Waals surface area contributed by atoms with Crippen LogP contribution in [0, 0.1) is 5.82 Å². The van der Waals surface area contributed by atoms with Gasteiger partial charge in [-0.15, -0.1) is 0 Å². The van der Waals surface area contributed by atoms with Gasteiger partial charge in [-0.3, -0.25) is 4.79 Å². The number of Topliss-reactive ketones (excluding diaryl/α,β-unsaturated/α-hetero) is 1. The Bertz CT molecular complexity index is 522. The van der Waals surface area contributed by atoms with Gasteiger partial charge in [0.2, 0.25) is 0 Å². The van der Waals surface area contributed by atoms with E-state index in [1.54, 1.807) is 0 Å². The predicted molar refractivity (Wildman–Crippen MR) is 61.6 cm³/mol. The van der Waals surface area contributed by atoms with Crippen molar-refractivity contribution in [2.24, 2.45) is 0 Å². The molecule has 1 aromatic rings. The minimum Gasteiger partial charge on any atom is -0.492 e. The van der Waals surface area contributed by atoms with Crippen LogP contribution in [0.25, 0.3) is 0 Å². The van der Waals surface area contributed by atoms with Crippen molar-refractivity contribution in [2.75, 3.05) is 18.6 Å². The van der Waals surface area contributed by atoms with Crippen LogP contribution in [0.4, 0.5) is 4.39 Å². The number of ether oxygens (including phenoxy) is 1.